The molecule has 0 aliphatic carbocycles. The van der Waals surface area contributed by atoms with Crippen LogP contribution in [0.15, 0.2) is 36.7 Å². The van der Waals surface area contributed by atoms with Crippen LogP contribution in [0.1, 0.15) is 17.7 Å². The number of anilines is 1. The van der Waals surface area contributed by atoms with Crippen molar-refractivity contribution in [2.45, 2.75) is 26.4 Å². The largest absolute Gasteiger partial charge is 0.390 e. The predicted molar refractivity (Wildman–Crippen MR) is 97.4 cm³/mol. The summed E-state index contributed by atoms with van der Waals surface area (Å²) >= 11 is 5.85. The lowest BCUT2D eigenvalue weighted by atomic mass is 10.2. The zero-order chi connectivity index (χ0) is 19.4. The van der Waals surface area contributed by atoms with Gasteiger partial charge in [-0.05, 0) is 29.5 Å². The van der Waals surface area contributed by atoms with Crippen molar-refractivity contribution in [3.63, 3.8) is 0 Å². The monoisotopic (exact) mass is 389 g/mol. The molecule has 2 heterocycles. The first-order chi connectivity index (χ1) is 12.9. The van der Waals surface area contributed by atoms with E-state index in [4.69, 9.17) is 11.6 Å². The molecular formula is C16H16ClN7O3. The number of nitro groups is 1. The number of aryl methyl sites for hydroxylation is 2. The minimum atomic E-state index is -0.569. The average Bonchev–Trinajstić information content (AvgIpc) is 3.21. The van der Waals surface area contributed by atoms with E-state index in [2.05, 4.69) is 20.5 Å². The number of rotatable bonds is 7. The van der Waals surface area contributed by atoms with E-state index in [1.54, 1.807) is 23.7 Å². The normalized spacial score (nSPS) is 10.7. The molecule has 1 aromatic carbocycles. The number of nitrogens with one attached hydrogen (secondary N) is 1. The van der Waals surface area contributed by atoms with Gasteiger partial charge in [0.05, 0.1) is 29.9 Å². The Morgan fingerprint density at radius 1 is 1.30 bits per heavy atom. The van der Waals surface area contributed by atoms with Crippen LogP contribution in [-0.2, 0) is 17.9 Å². The first-order valence-electron chi connectivity index (χ1n) is 8.03. The van der Waals surface area contributed by atoms with Crippen LogP contribution in [0, 0.1) is 17.0 Å². The second kappa shape index (κ2) is 7.96. The number of carbonyl (C=O) groups excluding carboxylic acids is 1. The van der Waals surface area contributed by atoms with Gasteiger partial charge in [0.15, 0.2) is 0 Å². The molecule has 1 amide bonds. The fourth-order valence-corrected chi connectivity index (χ4v) is 2.53. The molecular weight excluding hydrogens is 374 g/mol. The molecule has 27 heavy (non-hydrogen) atoms. The minimum absolute atomic E-state index is 0.0887. The first-order valence-corrected chi connectivity index (χ1v) is 8.41. The summed E-state index contributed by atoms with van der Waals surface area (Å²) in [6.07, 6.45) is 1.61. The Morgan fingerprint density at radius 2 is 2.04 bits per heavy atom. The van der Waals surface area contributed by atoms with Gasteiger partial charge in [0.25, 0.3) is 0 Å². The van der Waals surface area contributed by atoms with E-state index in [0.717, 1.165) is 5.56 Å². The van der Waals surface area contributed by atoms with Crippen molar-refractivity contribution >= 4 is 29.3 Å². The fraction of sp³-hybridized carbons (Fsp3) is 0.250. The summed E-state index contributed by atoms with van der Waals surface area (Å²) in [5, 5.41) is 22.0. The van der Waals surface area contributed by atoms with Gasteiger partial charge in [0.2, 0.25) is 11.9 Å². The van der Waals surface area contributed by atoms with E-state index in [-0.39, 0.29) is 30.6 Å². The molecule has 0 aliphatic heterocycles. The molecule has 0 spiro atoms. The van der Waals surface area contributed by atoms with Crippen molar-refractivity contribution in [1.29, 1.82) is 0 Å². The van der Waals surface area contributed by atoms with Crippen molar-refractivity contribution in [2.75, 3.05) is 5.32 Å². The lowest BCUT2D eigenvalue weighted by Crippen LogP contribution is -2.16. The molecule has 10 nitrogen and oxygen atoms in total. The highest BCUT2D eigenvalue weighted by Gasteiger charge is 2.16. The highest BCUT2D eigenvalue weighted by Crippen LogP contribution is 2.12. The van der Waals surface area contributed by atoms with Gasteiger partial charge in [-0.1, -0.05) is 23.7 Å². The Balaban J connectivity index is 1.53. The smallest absolute Gasteiger partial charge is 0.358 e. The van der Waals surface area contributed by atoms with E-state index in [1.807, 2.05) is 12.1 Å². The fourth-order valence-electron chi connectivity index (χ4n) is 2.41. The Bertz CT molecular complexity index is 965. The van der Waals surface area contributed by atoms with Crippen molar-refractivity contribution in [1.82, 2.24) is 24.5 Å². The maximum Gasteiger partial charge on any atom is 0.390 e. The molecule has 0 saturated carbocycles. The van der Waals surface area contributed by atoms with Crippen LogP contribution in [0.5, 0.6) is 0 Å². The van der Waals surface area contributed by atoms with Gasteiger partial charge in [-0.3, -0.25) is 10.1 Å². The molecule has 0 radical (unpaired) electrons. The number of halogens is 1. The third kappa shape index (κ3) is 4.88. The maximum atomic E-state index is 12.1. The SMILES string of the molecule is Cc1cc([N+](=O)[O-])nn1CCC(=O)Nc1ncn(Cc2ccc(Cl)cc2)n1. The van der Waals surface area contributed by atoms with Gasteiger partial charge < -0.3 is 10.1 Å². The summed E-state index contributed by atoms with van der Waals surface area (Å²) in [7, 11) is 0. The lowest BCUT2D eigenvalue weighted by molar-refractivity contribution is -0.389. The van der Waals surface area contributed by atoms with Gasteiger partial charge in [-0.2, -0.15) is 4.68 Å². The number of hydrogen-bond donors (Lipinski definition) is 1. The van der Waals surface area contributed by atoms with Crippen molar-refractivity contribution in [3.05, 3.63) is 63.1 Å². The molecule has 1 N–H and O–H groups in total. The highest BCUT2D eigenvalue weighted by atomic mass is 35.5. The van der Waals surface area contributed by atoms with Gasteiger partial charge in [0, 0.05) is 11.4 Å². The number of carbonyl (C=O) groups is 1. The molecule has 0 saturated heterocycles. The zero-order valence-corrected chi connectivity index (χ0v) is 15.1. The second-order valence-corrected chi connectivity index (χ2v) is 6.25. The molecule has 0 fully saturated rings. The van der Waals surface area contributed by atoms with Gasteiger partial charge >= 0.3 is 5.82 Å². The molecule has 0 atom stereocenters. The maximum absolute atomic E-state index is 12.1. The third-order valence-corrected chi connectivity index (χ3v) is 4.00. The summed E-state index contributed by atoms with van der Waals surface area (Å²) in [5.74, 6) is -0.357. The standard InChI is InChI=1S/C16H16ClN7O3/c1-11-8-14(24(26)27)20-23(11)7-6-15(25)19-16-18-10-22(21-16)9-12-2-4-13(17)5-3-12/h2-5,8,10H,6-7,9H2,1H3,(H,19,21,25). The quantitative estimate of drug-likeness (QED) is 0.489. The van der Waals surface area contributed by atoms with Crippen LogP contribution < -0.4 is 5.32 Å². The molecule has 3 rings (SSSR count). The Labute approximate surface area is 158 Å². The summed E-state index contributed by atoms with van der Waals surface area (Å²) in [4.78, 5) is 26.3. The number of aromatic nitrogens is 5. The third-order valence-electron chi connectivity index (χ3n) is 3.75. The Kier molecular flexibility index (Phi) is 5.46. The van der Waals surface area contributed by atoms with Gasteiger partial charge in [-0.15, -0.1) is 5.10 Å². The summed E-state index contributed by atoms with van der Waals surface area (Å²) in [5.41, 5.74) is 1.61. The highest BCUT2D eigenvalue weighted by molar-refractivity contribution is 6.30. The first kappa shape index (κ1) is 18.5. The van der Waals surface area contributed by atoms with E-state index in [1.165, 1.54) is 17.1 Å². The van der Waals surface area contributed by atoms with Gasteiger partial charge in [0.1, 0.15) is 6.33 Å². The molecule has 0 unspecified atom stereocenters. The zero-order valence-electron chi connectivity index (χ0n) is 14.4. The van der Waals surface area contributed by atoms with Crippen molar-refractivity contribution in [2.24, 2.45) is 0 Å². The van der Waals surface area contributed by atoms with E-state index >= 15 is 0 Å². The second-order valence-electron chi connectivity index (χ2n) is 5.81. The predicted octanol–water partition coefficient (Wildman–Crippen LogP) is 2.42. The van der Waals surface area contributed by atoms with Gasteiger partial charge in [-0.25, -0.2) is 9.67 Å². The minimum Gasteiger partial charge on any atom is -0.358 e. The Hall–Kier alpha value is -3.27. The van der Waals surface area contributed by atoms with Crippen molar-refractivity contribution in [3.8, 4) is 0 Å². The number of benzene rings is 1. The van der Waals surface area contributed by atoms with Crippen LogP contribution in [0.2, 0.25) is 5.02 Å². The molecule has 3 aromatic rings. The molecule has 0 aliphatic rings. The van der Waals surface area contributed by atoms with Crippen LogP contribution in [0.25, 0.3) is 0 Å². The molecule has 140 valence electrons. The summed E-state index contributed by atoms with van der Waals surface area (Å²) in [6, 6.07) is 8.70. The average molecular weight is 390 g/mol. The summed E-state index contributed by atoms with van der Waals surface area (Å²) in [6.45, 7) is 2.41. The van der Waals surface area contributed by atoms with Crippen LogP contribution in [0.3, 0.4) is 0 Å². The summed E-state index contributed by atoms with van der Waals surface area (Å²) < 4.78 is 3.02. The topological polar surface area (TPSA) is 121 Å². The van der Waals surface area contributed by atoms with E-state index in [9.17, 15) is 14.9 Å². The van der Waals surface area contributed by atoms with Crippen molar-refractivity contribution < 1.29 is 9.72 Å². The van der Waals surface area contributed by atoms with Crippen LogP contribution in [0.4, 0.5) is 11.8 Å². The molecule has 0 bridgehead atoms. The number of hydrogen-bond acceptors (Lipinski definition) is 6. The van der Waals surface area contributed by atoms with E-state index < -0.39 is 4.92 Å². The van der Waals surface area contributed by atoms with Crippen LogP contribution >= 0.6 is 11.6 Å². The van der Waals surface area contributed by atoms with Crippen LogP contribution in [-0.4, -0.2) is 35.4 Å². The molecule has 2 aromatic heterocycles. The number of amides is 1. The lowest BCUT2D eigenvalue weighted by Gasteiger charge is -2.02. The Morgan fingerprint density at radius 3 is 2.70 bits per heavy atom. The molecule has 11 heteroatoms. The number of nitrogens with zero attached hydrogens (tertiary/aromatic N) is 6. The van der Waals surface area contributed by atoms with E-state index in [0.29, 0.717) is 17.3 Å².